The van der Waals surface area contributed by atoms with Gasteiger partial charge in [0.25, 0.3) is 0 Å². The lowest BCUT2D eigenvalue weighted by atomic mass is 10.1. The molecule has 2 rings (SSSR count). The van der Waals surface area contributed by atoms with Crippen molar-refractivity contribution in [3.8, 4) is 11.5 Å². The van der Waals surface area contributed by atoms with Crippen LogP contribution in [-0.2, 0) is 21.2 Å². The molecule has 10 heteroatoms. The predicted molar refractivity (Wildman–Crippen MR) is 103 cm³/mol. The number of benzene rings is 2. The summed E-state index contributed by atoms with van der Waals surface area (Å²) in [7, 11) is -1.11. The van der Waals surface area contributed by atoms with Gasteiger partial charge in [-0.25, -0.2) is 8.42 Å². The maximum absolute atomic E-state index is 12.5. The molecule has 0 bridgehead atoms. The number of carbonyl (C=O) groups excluding carboxylic acids is 1. The van der Waals surface area contributed by atoms with Crippen LogP contribution in [0.4, 0.5) is 8.78 Å². The Labute approximate surface area is 168 Å². The van der Waals surface area contributed by atoms with E-state index >= 15 is 0 Å². The molecule has 0 heterocycles. The number of alkyl halides is 2. The number of methoxy groups -OCH3 is 1. The van der Waals surface area contributed by atoms with Gasteiger partial charge in [0.05, 0.1) is 18.6 Å². The van der Waals surface area contributed by atoms with E-state index in [-0.39, 0.29) is 29.5 Å². The lowest BCUT2D eigenvalue weighted by Crippen LogP contribution is -2.39. The lowest BCUT2D eigenvalue weighted by molar-refractivity contribution is -0.121. The predicted octanol–water partition coefficient (Wildman–Crippen LogP) is 2.28. The summed E-state index contributed by atoms with van der Waals surface area (Å²) in [6.45, 7) is -3.14. The van der Waals surface area contributed by atoms with E-state index in [1.807, 2.05) is 0 Å². The van der Waals surface area contributed by atoms with Gasteiger partial charge in [-0.15, -0.1) is 0 Å². The molecule has 0 saturated carbocycles. The maximum Gasteiger partial charge on any atom is 0.387 e. The number of rotatable bonds is 10. The Bertz CT molecular complexity index is 923. The number of likely N-dealkylation sites (N-methyl/N-ethyl adjacent to an activating group) is 1. The van der Waals surface area contributed by atoms with Gasteiger partial charge in [-0.05, 0) is 36.2 Å². The molecule has 2 aromatic rings. The molecule has 0 atom stereocenters. The third kappa shape index (κ3) is 6.40. The summed E-state index contributed by atoms with van der Waals surface area (Å²) < 4.78 is 60.1. The SMILES string of the molecule is COc1ccc(CCNC(=O)CN(C)S(=O)(=O)c2ccccc2)cc1OC(F)F. The summed E-state index contributed by atoms with van der Waals surface area (Å²) in [5.74, 6) is -0.407. The van der Waals surface area contributed by atoms with Crippen LogP contribution in [0.25, 0.3) is 0 Å². The molecule has 0 aliphatic carbocycles. The zero-order valence-electron chi connectivity index (χ0n) is 16.0. The summed E-state index contributed by atoms with van der Waals surface area (Å²) in [6, 6.07) is 12.4. The van der Waals surface area contributed by atoms with Crippen molar-refractivity contribution in [1.29, 1.82) is 0 Å². The highest BCUT2D eigenvalue weighted by Gasteiger charge is 2.22. The third-order valence-corrected chi connectivity index (χ3v) is 5.82. The van der Waals surface area contributed by atoms with Gasteiger partial charge in [-0.1, -0.05) is 24.3 Å². The molecule has 0 radical (unpaired) electrons. The van der Waals surface area contributed by atoms with E-state index in [1.165, 1.54) is 38.4 Å². The van der Waals surface area contributed by atoms with Crippen molar-refractivity contribution in [2.45, 2.75) is 17.9 Å². The number of nitrogens with one attached hydrogen (secondary N) is 1. The number of amides is 1. The van der Waals surface area contributed by atoms with Crippen LogP contribution in [0.15, 0.2) is 53.4 Å². The van der Waals surface area contributed by atoms with E-state index in [2.05, 4.69) is 10.1 Å². The first-order chi connectivity index (χ1) is 13.7. The van der Waals surface area contributed by atoms with Crippen LogP contribution in [-0.4, -0.2) is 52.5 Å². The quantitative estimate of drug-likeness (QED) is 0.628. The molecule has 7 nitrogen and oxygen atoms in total. The largest absolute Gasteiger partial charge is 0.493 e. The Balaban J connectivity index is 1.90. The number of halogens is 2. The van der Waals surface area contributed by atoms with Crippen LogP contribution in [0, 0.1) is 0 Å². The van der Waals surface area contributed by atoms with Crippen LogP contribution >= 0.6 is 0 Å². The molecular weight excluding hydrogens is 406 g/mol. The third-order valence-electron chi connectivity index (χ3n) is 4.00. The standard InChI is InChI=1S/C19H22F2N2O5S/c1-23(29(25,26)15-6-4-3-5-7-15)13-18(24)22-11-10-14-8-9-16(27-2)17(12-14)28-19(20)21/h3-9,12,19H,10-11,13H2,1-2H3,(H,22,24). The molecule has 0 saturated heterocycles. The van der Waals surface area contributed by atoms with Gasteiger partial charge >= 0.3 is 6.61 Å². The zero-order valence-corrected chi connectivity index (χ0v) is 16.8. The minimum absolute atomic E-state index is 0.0972. The second-order valence-electron chi connectivity index (χ2n) is 6.04. The van der Waals surface area contributed by atoms with Crippen molar-refractivity contribution >= 4 is 15.9 Å². The monoisotopic (exact) mass is 428 g/mol. The van der Waals surface area contributed by atoms with Crippen molar-refractivity contribution in [3.63, 3.8) is 0 Å². The molecule has 0 fully saturated rings. The molecule has 1 amide bonds. The molecular formula is C19H22F2N2O5S. The van der Waals surface area contributed by atoms with Crippen molar-refractivity contribution in [2.24, 2.45) is 0 Å². The minimum Gasteiger partial charge on any atom is -0.493 e. The Kier molecular flexibility index (Phi) is 7.91. The molecule has 0 aromatic heterocycles. The fourth-order valence-corrected chi connectivity index (χ4v) is 3.67. The summed E-state index contributed by atoms with van der Waals surface area (Å²) in [6.07, 6.45) is 0.338. The van der Waals surface area contributed by atoms with Gasteiger partial charge in [-0.2, -0.15) is 13.1 Å². The van der Waals surface area contributed by atoms with Crippen molar-refractivity contribution in [3.05, 3.63) is 54.1 Å². The number of carbonyl (C=O) groups is 1. The normalized spacial score (nSPS) is 11.5. The maximum atomic E-state index is 12.5. The van der Waals surface area contributed by atoms with Gasteiger partial charge in [-0.3, -0.25) is 4.79 Å². The van der Waals surface area contributed by atoms with Crippen molar-refractivity contribution in [2.75, 3.05) is 27.2 Å². The number of nitrogens with zero attached hydrogens (tertiary/aromatic N) is 1. The Morgan fingerprint density at radius 1 is 1.14 bits per heavy atom. The first-order valence-corrected chi connectivity index (χ1v) is 10.1. The van der Waals surface area contributed by atoms with Gasteiger partial charge in [0.15, 0.2) is 11.5 Å². The Morgan fingerprint density at radius 3 is 2.45 bits per heavy atom. The van der Waals surface area contributed by atoms with Gasteiger partial charge in [0.1, 0.15) is 0 Å². The molecule has 0 spiro atoms. The van der Waals surface area contributed by atoms with Crippen molar-refractivity contribution < 1.29 is 31.5 Å². The summed E-state index contributed by atoms with van der Waals surface area (Å²) in [4.78, 5) is 12.2. The number of hydrogen-bond acceptors (Lipinski definition) is 5. The van der Waals surface area contributed by atoms with E-state index < -0.39 is 22.5 Å². The Hall–Kier alpha value is -2.72. The fraction of sp³-hybridized carbons (Fsp3) is 0.316. The highest BCUT2D eigenvalue weighted by atomic mass is 32.2. The Morgan fingerprint density at radius 2 is 1.83 bits per heavy atom. The van der Waals surface area contributed by atoms with E-state index in [4.69, 9.17) is 4.74 Å². The molecule has 2 aromatic carbocycles. The smallest absolute Gasteiger partial charge is 0.387 e. The van der Waals surface area contributed by atoms with Crippen LogP contribution in [0.5, 0.6) is 11.5 Å². The number of sulfonamides is 1. The van der Waals surface area contributed by atoms with E-state index in [9.17, 15) is 22.0 Å². The van der Waals surface area contributed by atoms with E-state index in [0.29, 0.717) is 12.0 Å². The van der Waals surface area contributed by atoms with Crippen molar-refractivity contribution in [1.82, 2.24) is 9.62 Å². The van der Waals surface area contributed by atoms with Gasteiger partial charge in [0.2, 0.25) is 15.9 Å². The van der Waals surface area contributed by atoms with Gasteiger partial charge < -0.3 is 14.8 Å². The number of hydrogen-bond donors (Lipinski definition) is 1. The summed E-state index contributed by atoms with van der Waals surface area (Å²) in [5, 5.41) is 2.61. The summed E-state index contributed by atoms with van der Waals surface area (Å²) >= 11 is 0. The average molecular weight is 428 g/mol. The first kappa shape index (κ1) is 22.6. The van der Waals surface area contributed by atoms with E-state index in [0.717, 1.165) is 4.31 Å². The highest BCUT2D eigenvalue weighted by Crippen LogP contribution is 2.29. The van der Waals surface area contributed by atoms with Crippen LogP contribution in [0.3, 0.4) is 0 Å². The second kappa shape index (κ2) is 10.2. The number of ether oxygens (including phenoxy) is 2. The summed E-state index contributed by atoms with van der Waals surface area (Å²) in [5.41, 5.74) is 0.645. The van der Waals surface area contributed by atoms with Crippen LogP contribution in [0.1, 0.15) is 5.56 Å². The molecule has 0 unspecified atom stereocenters. The second-order valence-corrected chi connectivity index (χ2v) is 8.08. The minimum atomic E-state index is -3.77. The fourth-order valence-electron chi connectivity index (χ4n) is 2.53. The van der Waals surface area contributed by atoms with Crippen LogP contribution < -0.4 is 14.8 Å². The zero-order chi connectivity index (χ0) is 21.4. The molecule has 158 valence electrons. The molecule has 0 aliphatic heterocycles. The molecule has 1 N–H and O–H groups in total. The highest BCUT2D eigenvalue weighted by molar-refractivity contribution is 7.89. The average Bonchev–Trinajstić information content (AvgIpc) is 2.68. The molecule has 0 aliphatic rings. The lowest BCUT2D eigenvalue weighted by Gasteiger charge is -2.17. The first-order valence-electron chi connectivity index (χ1n) is 8.64. The van der Waals surface area contributed by atoms with Gasteiger partial charge in [0, 0.05) is 13.6 Å². The topological polar surface area (TPSA) is 84.9 Å². The van der Waals surface area contributed by atoms with E-state index in [1.54, 1.807) is 24.3 Å². The molecule has 29 heavy (non-hydrogen) atoms. The van der Waals surface area contributed by atoms with Crippen LogP contribution in [0.2, 0.25) is 0 Å².